The van der Waals surface area contributed by atoms with E-state index in [-0.39, 0.29) is 0 Å². The molecule has 4 nitrogen and oxygen atoms in total. The number of fused-ring (bicyclic) bond motifs is 2. The van der Waals surface area contributed by atoms with Crippen molar-refractivity contribution in [2.45, 2.75) is 32.0 Å². The summed E-state index contributed by atoms with van der Waals surface area (Å²) in [5.74, 6) is 0.708. The van der Waals surface area contributed by atoms with Crippen molar-refractivity contribution in [2.24, 2.45) is 0 Å². The zero-order valence-electron chi connectivity index (χ0n) is 11.4. The number of likely N-dealkylation sites (N-methyl/N-ethyl adjacent to an activating group) is 1. The summed E-state index contributed by atoms with van der Waals surface area (Å²) in [6.07, 6.45) is 1.37. The second-order valence-corrected chi connectivity index (χ2v) is 5.54. The van der Waals surface area contributed by atoms with Gasteiger partial charge in [-0.25, -0.2) is 4.98 Å². The molecule has 1 aromatic rings. The van der Waals surface area contributed by atoms with Crippen molar-refractivity contribution < 1.29 is 4.74 Å². The highest BCUT2D eigenvalue weighted by atomic mass is 16.5. The number of piperidine rings is 1. The predicted octanol–water partition coefficient (Wildman–Crippen LogP) is 1.29. The first-order valence-electron chi connectivity index (χ1n) is 6.62. The molecule has 2 unspecified atom stereocenters. The largest absolute Gasteiger partial charge is 0.481 e. The Hall–Kier alpha value is -1.13. The van der Waals surface area contributed by atoms with E-state index in [4.69, 9.17) is 4.74 Å². The molecule has 0 amide bonds. The van der Waals surface area contributed by atoms with E-state index < -0.39 is 0 Å². The zero-order chi connectivity index (χ0) is 12.7. The van der Waals surface area contributed by atoms with Crippen LogP contribution in [0.1, 0.15) is 17.7 Å². The molecule has 2 saturated heterocycles. The van der Waals surface area contributed by atoms with Crippen LogP contribution in [0.25, 0.3) is 0 Å². The van der Waals surface area contributed by atoms with Crippen molar-refractivity contribution in [3.63, 3.8) is 0 Å². The highest BCUT2D eigenvalue weighted by Crippen LogP contribution is 2.33. The number of nitrogens with zero attached hydrogens (tertiary/aromatic N) is 3. The normalized spacial score (nSPS) is 27.9. The summed E-state index contributed by atoms with van der Waals surface area (Å²) in [6.45, 7) is 5.52. The fourth-order valence-electron chi connectivity index (χ4n) is 3.20. The van der Waals surface area contributed by atoms with Crippen LogP contribution in [0.5, 0.6) is 5.88 Å². The van der Waals surface area contributed by atoms with Gasteiger partial charge in [0.2, 0.25) is 5.88 Å². The molecule has 0 radical (unpaired) electrons. The first-order chi connectivity index (χ1) is 8.67. The highest BCUT2D eigenvalue weighted by Gasteiger charge is 2.43. The van der Waals surface area contributed by atoms with Crippen molar-refractivity contribution in [1.29, 1.82) is 0 Å². The van der Waals surface area contributed by atoms with E-state index in [2.05, 4.69) is 34.8 Å². The molecule has 0 aromatic carbocycles. The summed E-state index contributed by atoms with van der Waals surface area (Å²) in [7, 11) is 3.88. The summed E-state index contributed by atoms with van der Waals surface area (Å²) in [6, 6.07) is 5.61. The Morgan fingerprint density at radius 3 is 2.67 bits per heavy atom. The maximum absolute atomic E-state index is 5.15. The van der Waals surface area contributed by atoms with E-state index in [0.29, 0.717) is 5.88 Å². The maximum Gasteiger partial charge on any atom is 0.213 e. The molecule has 2 aliphatic heterocycles. The second-order valence-electron chi connectivity index (χ2n) is 5.54. The summed E-state index contributed by atoms with van der Waals surface area (Å²) >= 11 is 0. The van der Waals surface area contributed by atoms with Crippen LogP contribution in [-0.2, 0) is 6.54 Å². The van der Waals surface area contributed by atoms with Crippen LogP contribution < -0.4 is 4.74 Å². The number of methoxy groups -OCH3 is 1. The summed E-state index contributed by atoms with van der Waals surface area (Å²) in [5.41, 5.74) is 2.42. The lowest BCUT2D eigenvalue weighted by Crippen LogP contribution is -2.67. The Labute approximate surface area is 109 Å². The predicted molar refractivity (Wildman–Crippen MR) is 70.8 cm³/mol. The zero-order valence-corrected chi connectivity index (χ0v) is 11.4. The van der Waals surface area contributed by atoms with Gasteiger partial charge >= 0.3 is 0 Å². The number of pyridine rings is 1. The Morgan fingerprint density at radius 2 is 2.06 bits per heavy atom. The van der Waals surface area contributed by atoms with Crippen LogP contribution in [0.15, 0.2) is 12.1 Å². The molecule has 2 aliphatic rings. The minimum Gasteiger partial charge on any atom is -0.481 e. The fraction of sp³-hybridized carbons (Fsp3) is 0.643. The van der Waals surface area contributed by atoms with Crippen LogP contribution in [-0.4, -0.2) is 54.1 Å². The molecule has 0 aliphatic carbocycles. The first-order valence-corrected chi connectivity index (χ1v) is 6.62. The van der Waals surface area contributed by atoms with Gasteiger partial charge in [0.1, 0.15) is 0 Å². The molecular formula is C14H21N3O. The van der Waals surface area contributed by atoms with Crippen LogP contribution in [0.4, 0.5) is 0 Å². The summed E-state index contributed by atoms with van der Waals surface area (Å²) < 4.78 is 5.15. The molecule has 2 atom stereocenters. The topological polar surface area (TPSA) is 28.6 Å². The van der Waals surface area contributed by atoms with Gasteiger partial charge in [0.05, 0.1) is 7.11 Å². The standard InChI is InChI=1S/C14H21N3O/c1-10-11(4-5-14(15-10)18-3)7-17-12-6-13(17)9-16(2)8-12/h4-5,12-13H,6-9H2,1-3H3. The second kappa shape index (κ2) is 4.52. The van der Waals surface area contributed by atoms with Crippen molar-refractivity contribution in [3.8, 4) is 5.88 Å². The van der Waals surface area contributed by atoms with Gasteiger partial charge in [-0.05, 0) is 26.0 Å². The smallest absolute Gasteiger partial charge is 0.213 e. The average Bonchev–Trinajstić information content (AvgIpc) is 2.36. The quantitative estimate of drug-likeness (QED) is 0.804. The number of hydrogen-bond acceptors (Lipinski definition) is 4. The maximum atomic E-state index is 5.15. The average molecular weight is 247 g/mol. The monoisotopic (exact) mass is 247 g/mol. The number of ether oxygens (including phenoxy) is 1. The van der Waals surface area contributed by atoms with Gasteiger partial charge in [-0.3, -0.25) is 4.90 Å². The summed E-state index contributed by atoms with van der Waals surface area (Å²) in [4.78, 5) is 9.51. The molecule has 4 heteroatoms. The molecule has 2 bridgehead atoms. The molecule has 0 spiro atoms. The third-order valence-corrected chi connectivity index (χ3v) is 4.26. The van der Waals surface area contributed by atoms with Crippen LogP contribution in [0, 0.1) is 6.92 Å². The van der Waals surface area contributed by atoms with Crippen molar-refractivity contribution >= 4 is 0 Å². The third kappa shape index (κ3) is 1.99. The van der Waals surface area contributed by atoms with Crippen molar-refractivity contribution in [1.82, 2.24) is 14.8 Å². The molecular weight excluding hydrogens is 226 g/mol. The fourth-order valence-corrected chi connectivity index (χ4v) is 3.20. The van der Waals surface area contributed by atoms with Crippen LogP contribution in [0.2, 0.25) is 0 Å². The van der Waals surface area contributed by atoms with E-state index >= 15 is 0 Å². The number of hydrogen-bond donors (Lipinski definition) is 0. The Kier molecular flexibility index (Phi) is 2.99. The minimum absolute atomic E-state index is 0.708. The first kappa shape index (κ1) is 11.9. The lowest BCUT2D eigenvalue weighted by molar-refractivity contribution is -0.0669. The van der Waals surface area contributed by atoms with Gasteiger partial charge in [0.25, 0.3) is 0 Å². The lowest BCUT2D eigenvalue weighted by atomic mass is 9.87. The lowest BCUT2D eigenvalue weighted by Gasteiger charge is -2.56. The van der Waals surface area contributed by atoms with Crippen LogP contribution >= 0.6 is 0 Å². The molecule has 18 heavy (non-hydrogen) atoms. The molecule has 98 valence electrons. The van der Waals surface area contributed by atoms with Gasteiger partial charge in [-0.1, -0.05) is 6.07 Å². The van der Waals surface area contributed by atoms with Gasteiger partial charge < -0.3 is 9.64 Å². The van der Waals surface area contributed by atoms with Crippen LogP contribution in [0.3, 0.4) is 0 Å². The number of rotatable bonds is 3. The van der Waals surface area contributed by atoms with E-state index in [0.717, 1.165) is 24.3 Å². The van der Waals surface area contributed by atoms with E-state index in [1.54, 1.807) is 7.11 Å². The van der Waals surface area contributed by atoms with Gasteiger partial charge in [-0.2, -0.15) is 0 Å². The molecule has 3 heterocycles. The molecule has 2 fully saturated rings. The highest BCUT2D eigenvalue weighted by molar-refractivity contribution is 5.25. The molecule has 1 aromatic heterocycles. The number of piperazine rings is 1. The van der Waals surface area contributed by atoms with Gasteiger partial charge in [0.15, 0.2) is 0 Å². The van der Waals surface area contributed by atoms with Crippen molar-refractivity contribution in [3.05, 3.63) is 23.4 Å². The molecule has 0 saturated carbocycles. The van der Waals surface area contributed by atoms with E-state index in [1.165, 1.54) is 25.1 Å². The molecule has 3 rings (SSSR count). The van der Waals surface area contributed by atoms with Gasteiger partial charge in [0, 0.05) is 43.5 Å². The number of aryl methyl sites for hydroxylation is 1. The van der Waals surface area contributed by atoms with Crippen molar-refractivity contribution in [2.75, 3.05) is 27.2 Å². The Balaban J connectivity index is 1.70. The number of aromatic nitrogens is 1. The van der Waals surface area contributed by atoms with E-state index in [9.17, 15) is 0 Å². The number of likely N-dealkylation sites (tertiary alicyclic amines) is 2. The Morgan fingerprint density at radius 1 is 1.33 bits per heavy atom. The summed E-state index contributed by atoms with van der Waals surface area (Å²) in [5, 5.41) is 0. The van der Waals surface area contributed by atoms with E-state index in [1.807, 2.05) is 6.07 Å². The SMILES string of the molecule is COc1ccc(CN2C3CC2CN(C)C3)c(C)n1. The molecule has 0 N–H and O–H groups in total. The van der Waals surface area contributed by atoms with Gasteiger partial charge in [-0.15, -0.1) is 0 Å². The minimum atomic E-state index is 0.708. The third-order valence-electron chi connectivity index (χ3n) is 4.26. The Bertz CT molecular complexity index is 437.